The maximum atomic E-state index is 11.3. The third kappa shape index (κ3) is 3.97. The van der Waals surface area contributed by atoms with Gasteiger partial charge in [0.15, 0.2) is 0 Å². The fourth-order valence-corrected chi connectivity index (χ4v) is 1.85. The molecule has 1 aromatic rings. The van der Waals surface area contributed by atoms with Crippen molar-refractivity contribution in [2.75, 3.05) is 0 Å². The molecule has 0 heterocycles. The molecule has 0 atom stereocenters. The fraction of sp³-hybridized carbons (Fsp3) is 0.462. The number of halogens is 1. The first kappa shape index (κ1) is 13.2. The van der Waals surface area contributed by atoms with E-state index in [-0.39, 0.29) is 5.97 Å². The quantitative estimate of drug-likeness (QED) is 0.618. The van der Waals surface area contributed by atoms with E-state index in [9.17, 15) is 4.79 Å². The molecule has 0 saturated carbocycles. The first-order chi connectivity index (χ1) is 7.52. The molecule has 0 aliphatic carbocycles. The van der Waals surface area contributed by atoms with Crippen molar-refractivity contribution in [3.8, 4) is 5.75 Å². The topological polar surface area (TPSA) is 26.3 Å². The molecule has 0 aromatic heterocycles. The fourth-order valence-electron chi connectivity index (χ4n) is 1.44. The van der Waals surface area contributed by atoms with Crippen molar-refractivity contribution in [1.82, 2.24) is 0 Å². The largest absolute Gasteiger partial charge is 0.426 e. The second-order valence-electron chi connectivity index (χ2n) is 4.18. The Kier molecular flexibility index (Phi) is 5.00. The summed E-state index contributed by atoms with van der Waals surface area (Å²) in [6.45, 7) is 6.09. The van der Waals surface area contributed by atoms with Crippen LogP contribution in [0, 0.1) is 5.92 Å². The van der Waals surface area contributed by atoms with E-state index in [2.05, 4.69) is 29.8 Å². The van der Waals surface area contributed by atoms with Crippen LogP contribution in [0.3, 0.4) is 0 Å². The Balaban J connectivity index is 2.93. The maximum Gasteiger partial charge on any atom is 0.310 e. The van der Waals surface area contributed by atoms with Gasteiger partial charge in [-0.25, -0.2) is 0 Å². The number of esters is 1. The monoisotopic (exact) mass is 284 g/mol. The van der Waals surface area contributed by atoms with Gasteiger partial charge >= 0.3 is 5.97 Å². The van der Waals surface area contributed by atoms with Gasteiger partial charge in [0, 0.05) is 10.9 Å². The molecule has 16 heavy (non-hydrogen) atoms. The molecule has 0 spiro atoms. The molecule has 0 saturated heterocycles. The molecular weight excluding hydrogens is 268 g/mol. The molecule has 0 fully saturated rings. The minimum atomic E-state index is -0.188. The molecule has 1 aromatic carbocycles. The summed E-state index contributed by atoms with van der Waals surface area (Å²) in [5, 5.41) is 0. The van der Waals surface area contributed by atoms with Crippen LogP contribution >= 0.6 is 15.9 Å². The van der Waals surface area contributed by atoms with Crippen molar-refractivity contribution in [1.29, 1.82) is 0 Å². The van der Waals surface area contributed by atoms with Crippen LogP contribution < -0.4 is 4.74 Å². The first-order valence-electron chi connectivity index (χ1n) is 5.52. The van der Waals surface area contributed by atoms with Gasteiger partial charge in [-0.1, -0.05) is 36.7 Å². The van der Waals surface area contributed by atoms with Gasteiger partial charge in [-0.2, -0.15) is 0 Å². The number of carbonyl (C=O) groups excluding carboxylic acids is 1. The molecule has 0 unspecified atom stereocenters. The molecule has 0 N–H and O–H groups in total. The summed E-state index contributed by atoms with van der Waals surface area (Å²) in [5.74, 6) is 1.03. The van der Waals surface area contributed by atoms with Gasteiger partial charge in [0.1, 0.15) is 5.75 Å². The van der Waals surface area contributed by atoms with Crippen LogP contribution in [0.5, 0.6) is 5.75 Å². The lowest BCUT2D eigenvalue weighted by Crippen LogP contribution is -2.08. The molecule has 0 bridgehead atoms. The normalized spacial score (nSPS) is 10.6. The van der Waals surface area contributed by atoms with Gasteiger partial charge < -0.3 is 4.74 Å². The Morgan fingerprint density at radius 3 is 2.69 bits per heavy atom. The van der Waals surface area contributed by atoms with Gasteiger partial charge in [-0.05, 0) is 36.1 Å². The SMILES string of the molecule is CCC(=O)Oc1ccc(Br)cc1CC(C)C. The van der Waals surface area contributed by atoms with E-state index in [0.717, 1.165) is 16.5 Å². The lowest BCUT2D eigenvalue weighted by molar-refractivity contribution is -0.134. The van der Waals surface area contributed by atoms with Crippen molar-refractivity contribution in [2.24, 2.45) is 5.92 Å². The molecule has 1 rings (SSSR count). The first-order valence-corrected chi connectivity index (χ1v) is 6.31. The Bertz CT molecular complexity index is 372. The highest BCUT2D eigenvalue weighted by molar-refractivity contribution is 9.10. The molecule has 0 aliphatic rings. The molecular formula is C13H17BrO2. The number of benzene rings is 1. The summed E-state index contributed by atoms with van der Waals surface area (Å²) in [6.07, 6.45) is 1.31. The van der Waals surface area contributed by atoms with Crippen molar-refractivity contribution in [2.45, 2.75) is 33.6 Å². The standard InChI is InChI=1S/C13H17BrO2/c1-4-13(15)16-12-6-5-11(14)8-10(12)7-9(2)3/h5-6,8-9H,4,7H2,1-3H3. The van der Waals surface area contributed by atoms with E-state index in [1.807, 2.05) is 18.2 Å². The predicted molar refractivity (Wildman–Crippen MR) is 68.6 cm³/mol. The number of hydrogen-bond acceptors (Lipinski definition) is 2. The second kappa shape index (κ2) is 6.04. The van der Waals surface area contributed by atoms with E-state index in [0.29, 0.717) is 18.1 Å². The highest BCUT2D eigenvalue weighted by Gasteiger charge is 2.09. The zero-order valence-corrected chi connectivity index (χ0v) is 11.5. The molecule has 0 aliphatic heterocycles. The number of hydrogen-bond donors (Lipinski definition) is 0. The lowest BCUT2D eigenvalue weighted by atomic mass is 10.0. The minimum absolute atomic E-state index is 0.188. The van der Waals surface area contributed by atoms with Crippen LogP contribution in [0.4, 0.5) is 0 Å². The average Bonchev–Trinajstić information content (AvgIpc) is 2.21. The van der Waals surface area contributed by atoms with Gasteiger partial charge in [-0.15, -0.1) is 0 Å². The van der Waals surface area contributed by atoms with Crippen LogP contribution in [0.15, 0.2) is 22.7 Å². The molecule has 2 nitrogen and oxygen atoms in total. The number of ether oxygens (including phenoxy) is 1. The van der Waals surface area contributed by atoms with E-state index in [1.54, 1.807) is 6.92 Å². The Hall–Kier alpha value is -0.830. The summed E-state index contributed by atoms with van der Waals surface area (Å²) in [6, 6.07) is 5.75. The van der Waals surface area contributed by atoms with Crippen molar-refractivity contribution >= 4 is 21.9 Å². The summed E-state index contributed by atoms with van der Waals surface area (Å²) in [5.41, 5.74) is 1.08. The van der Waals surface area contributed by atoms with E-state index < -0.39 is 0 Å². The molecule has 0 amide bonds. The summed E-state index contributed by atoms with van der Waals surface area (Å²) >= 11 is 3.43. The van der Waals surface area contributed by atoms with Crippen molar-refractivity contribution in [3.63, 3.8) is 0 Å². The number of carbonyl (C=O) groups is 1. The molecule has 88 valence electrons. The zero-order valence-electron chi connectivity index (χ0n) is 9.92. The highest BCUT2D eigenvalue weighted by Crippen LogP contribution is 2.26. The van der Waals surface area contributed by atoms with E-state index in [1.165, 1.54) is 0 Å². The van der Waals surface area contributed by atoms with Crippen molar-refractivity contribution in [3.05, 3.63) is 28.2 Å². The lowest BCUT2D eigenvalue weighted by Gasteiger charge is -2.11. The van der Waals surface area contributed by atoms with Gasteiger partial charge in [0.05, 0.1) is 0 Å². The van der Waals surface area contributed by atoms with E-state index in [4.69, 9.17) is 4.74 Å². The molecule has 0 radical (unpaired) electrons. The Morgan fingerprint density at radius 2 is 2.12 bits per heavy atom. The van der Waals surface area contributed by atoms with Crippen LogP contribution in [0.1, 0.15) is 32.8 Å². The minimum Gasteiger partial charge on any atom is -0.426 e. The van der Waals surface area contributed by atoms with Gasteiger partial charge in [-0.3, -0.25) is 4.79 Å². The smallest absolute Gasteiger partial charge is 0.310 e. The summed E-state index contributed by atoms with van der Waals surface area (Å²) in [4.78, 5) is 11.3. The maximum absolute atomic E-state index is 11.3. The molecule has 3 heteroatoms. The van der Waals surface area contributed by atoms with Crippen molar-refractivity contribution < 1.29 is 9.53 Å². The average molecular weight is 285 g/mol. The van der Waals surface area contributed by atoms with E-state index >= 15 is 0 Å². The highest BCUT2D eigenvalue weighted by atomic mass is 79.9. The zero-order chi connectivity index (χ0) is 12.1. The third-order valence-corrected chi connectivity index (χ3v) is 2.66. The second-order valence-corrected chi connectivity index (χ2v) is 5.09. The summed E-state index contributed by atoms with van der Waals surface area (Å²) < 4.78 is 6.30. The van der Waals surface area contributed by atoms with Gasteiger partial charge in [0.2, 0.25) is 0 Å². The summed E-state index contributed by atoms with van der Waals surface area (Å²) in [7, 11) is 0. The van der Waals surface area contributed by atoms with Crippen LogP contribution in [-0.4, -0.2) is 5.97 Å². The Morgan fingerprint density at radius 1 is 1.44 bits per heavy atom. The van der Waals surface area contributed by atoms with Crippen LogP contribution in [-0.2, 0) is 11.2 Å². The van der Waals surface area contributed by atoms with Crippen LogP contribution in [0.2, 0.25) is 0 Å². The number of rotatable bonds is 4. The predicted octanol–water partition coefficient (Wildman–Crippen LogP) is 3.96. The third-order valence-electron chi connectivity index (χ3n) is 2.16. The van der Waals surface area contributed by atoms with Crippen LogP contribution in [0.25, 0.3) is 0 Å². The Labute approximate surface area is 105 Å². The van der Waals surface area contributed by atoms with Gasteiger partial charge in [0.25, 0.3) is 0 Å².